The standard InChI is InChI=1S/C22H17F3N4O/c1-29-20(30)22(28-21(29)26,15-8-13(10-23)11-27-12-15)14-6-7-19(25)17(9-14)16-4-2-3-5-18(16)24/h2-9,11-12H,10H2,1H3,(H2,26,28). The minimum atomic E-state index is -1.69. The van der Waals surface area contributed by atoms with Gasteiger partial charge in [-0.05, 0) is 29.8 Å². The second-order valence-corrected chi connectivity index (χ2v) is 6.93. The van der Waals surface area contributed by atoms with Crippen molar-refractivity contribution in [3.63, 3.8) is 0 Å². The number of carbonyl (C=O) groups excluding carboxylic acids is 1. The molecule has 1 aliphatic heterocycles. The number of guanidine groups is 1. The lowest BCUT2D eigenvalue weighted by molar-refractivity contribution is -0.129. The Bertz CT molecular complexity index is 1180. The Kier molecular flexibility index (Phi) is 4.77. The largest absolute Gasteiger partial charge is 0.369 e. The van der Waals surface area contributed by atoms with Gasteiger partial charge >= 0.3 is 0 Å². The van der Waals surface area contributed by atoms with Crippen LogP contribution in [0.5, 0.6) is 0 Å². The molecular weight excluding hydrogens is 393 g/mol. The maximum absolute atomic E-state index is 14.6. The number of hydrogen-bond acceptors (Lipinski definition) is 4. The fraction of sp³-hybridized carbons (Fsp3) is 0.136. The molecule has 1 unspecified atom stereocenters. The number of halogens is 3. The molecule has 30 heavy (non-hydrogen) atoms. The topological polar surface area (TPSA) is 71.6 Å². The Morgan fingerprint density at radius 3 is 2.40 bits per heavy atom. The van der Waals surface area contributed by atoms with Crippen molar-refractivity contribution in [1.82, 2.24) is 9.88 Å². The van der Waals surface area contributed by atoms with Crippen LogP contribution in [0.3, 0.4) is 0 Å². The Labute approximate surface area is 170 Å². The monoisotopic (exact) mass is 410 g/mol. The number of pyridine rings is 1. The van der Waals surface area contributed by atoms with Gasteiger partial charge < -0.3 is 5.73 Å². The molecule has 152 valence electrons. The molecular formula is C22H17F3N4O. The third-order valence-electron chi connectivity index (χ3n) is 5.16. The number of carbonyl (C=O) groups is 1. The molecule has 1 aliphatic rings. The number of nitrogens with two attached hydrogens (primary N) is 1. The van der Waals surface area contributed by atoms with Gasteiger partial charge in [0.15, 0.2) is 11.5 Å². The van der Waals surface area contributed by atoms with Crippen LogP contribution in [0.2, 0.25) is 0 Å². The molecule has 0 saturated heterocycles. The molecule has 0 aliphatic carbocycles. The summed E-state index contributed by atoms with van der Waals surface area (Å²) < 4.78 is 42.2. The highest BCUT2D eigenvalue weighted by Crippen LogP contribution is 2.41. The number of aromatic nitrogens is 1. The van der Waals surface area contributed by atoms with Crippen LogP contribution >= 0.6 is 0 Å². The third kappa shape index (κ3) is 2.92. The van der Waals surface area contributed by atoms with Crippen molar-refractivity contribution in [1.29, 1.82) is 0 Å². The van der Waals surface area contributed by atoms with Crippen LogP contribution in [-0.2, 0) is 17.0 Å². The molecule has 0 spiro atoms. The fourth-order valence-electron chi connectivity index (χ4n) is 3.58. The quantitative estimate of drug-likeness (QED) is 0.715. The van der Waals surface area contributed by atoms with Crippen molar-refractivity contribution in [3.8, 4) is 11.1 Å². The summed E-state index contributed by atoms with van der Waals surface area (Å²) in [6.45, 7) is -0.788. The van der Waals surface area contributed by atoms with Gasteiger partial charge in [-0.15, -0.1) is 0 Å². The summed E-state index contributed by atoms with van der Waals surface area (Å²) in [5.74, 6) is -1.83. The molecule has 2 heterocycles. The van der Waals surface area contributed by atoms with E-state index in [2.05, 4.69) is 9.98 Å². The summed E-state index contributed by atoms with van der Waals surface area (Å²) in [4.78, 5) is 22.8. The van der Waals surface area contributed by atoms with E-state index in [1.54, 1.807) is 6.07 Å². The summed E-state index contributed by atoms with van der Waals surface area (Å²) in [6.07, 6.45) is 2.72. The van der Waals surface area contributed by atoms with E-state index in [-0.39, 0.29) is 33.8 Å². The van der Waals surface area contributed by atoms with Crippen LogP contribution in [0.15, 0.2) is 65.9 Å². The van der Waals surface area contributed by atoms with Crippen molar-refractivity contribution in [2.75, 3.05) is 7.05 Å². The van der Waals surface area contributed by atoms with Crippen molar-refractivity contribution in [3.05, 3.63) is 89.2 Å². The number of hydrogen-bond donors (Lipinski definition) is 1. The van der Waals surface area contributed by atoms with E-state index in [4.69, 9.17) is 5.73 Å². The maximum Gasteiger partial charge on any atom is 0.266 e. The number of alkyl halides is 1. The first kappa shape index (κ1) is 19.6. The smallest absolute Gasteiger partial charge is 0.266 e. The Hall–Kier alpha value is -3.68. The first-order chi connectivity index (χ1) is 14.4. The molecule has 0 fully saturated rings. The molecule has 1 amide bonds. The molecule has 5 nitrogen and oxygen atoms in total. The van der Waals surface area contributed by atoms with Crippen LogP contribution in [0.4, 0.5) is 13.2 Å². The molecule has 1 aromatic heterocycles. The number of amides is 1. The first-order valence-electron chi connectivity index (χ1n) is 9.07. The zero-order valence-electron chi connectivity index (χ0n) is 15.9. The molecule has 0 saturated carbocycles. The number of aliphatic imine (C=N–C) groups is 1. The van der Waals surface area contributed by atoms with Crippen LogP contribution in [0.25, 0.3) is 11.1 Å². The molecule has 4 rings (SSSR count). The molecule has 0 radical (unpaired) electrons. The van der Waals surface area contributed by atoms with E-state index in [0.29, 0.717) is 0 Å². The minimum Gasteiger partial charge on any atom is -0.369 e. The summed E-state index contributed by atoms with van der Waals surface area (Å²) in [6, 6.07) is 11.1. The van der Waals surface area contributed by atoms with Crippen LogP contribution in [0.1, 0.15) is 16.7 Å². The predicted octanol–water partition coefficient (Wildman–Crippen LogP) is 3.53. The second kappa shape index (κ2) is 7.29. The molecule has 1 atom stereocenters. The average molecular weight is 410 g/mol. The lowest BCUT2D eigenvalue weighted by Crippen LogP contribution is -2.41. The second-order valence-electron chi connectivity index (χ2n) is 6.93. The molecule has 3 aromatic rings. The van der Waals surface area contributed by atoms with Crippen LogP contribution in [-0.4, -0.2) is 28.8 Å². The zero-order valence-corrected chi connectivity index (χ0v) is 15.9. The summed E-state index contributed by atoms with van der Waals surface area (Å²) >= 11 is 0. The van der Waals surface area contributed by atoms with E-state index in [0.717, 1.165) is 11.0 Å². The van der Waals surface area contributed by atoms with Crippen molar-refractivity contribution in [2.45, 2.75) is 12.2 Å². The van der Waals surface area contributed by atoms with Gasteiger partial charge in [-0.3, -0.25) is 14.7 Å². The highest BCUT2D eigenvalue weighted by Gasteiger charge is 2.50. The summed E-state index contributed by atoms with van der Waals surface area (Å²) in [5.41, 5.74) is 5.03. The van der Waals surface area contributed by atoms with Gasteiger partial charge in [0.05, 0.1) is 0 Å². The van der Waals surface area contributed by atoms with Crippen molar-refractivity contribution >= 4 is 11.9 Å². The Balaban J connectivity index is 1.99. The normalized spacial score (nSPS) is 18.6. The molecule has 2 N–H and O–H groups in total. The zero-order chi connectivity index (χ0) is 21.5. The lowest BCUT2D eigenvalue weighted by Gasteiger charge is -2.26. The third-order valence-corrected chi connectivity index (χ3v) is 5.16. The van der Waals surface area contributed by atoms with E-state index in [9.17, 15) is 18.0 Å². The van der Waals surface area contributed by atoms with E-state index in [1.165, 1.54) is 55.8 Å². The predicted molar refractivity (Wildman–Crippen MR) is 106 cm³/mol. The van der Waals surface area contributed by atoms with E-state index in [1.807, 2.05) is 0 Å². The first-order valence-corrected chi connectivity index (χ1v) is 9.07. The fourth-order valence-corrected chi connectivity index (χ4v) is 3.58. The number of benzene rings is 2. The maximum atomic E-state index is 14.6. The van der Waals surface area contributed by atoms with Gasteiger partial charge in [0.1, 0.15) is 18.3 Å². The van der Waals surface area contributed by atoms with E-state index < -0.39 is 29.8 Å². The van der Waals surface area contributed by atoms with Gasteiger partial charge in [0, 0.05) is 41.7 Å². The van der Waals surface area contributed by atoms with E-state index >= 15 is 0 Å². The van der Waals surface area contributed by atoms with Gasteiger partial charge in [-0.1, -0.05) is 24.3 Å². The lowest BCUT2D eigenvalue weighted by atomic mass is 9.82. The van der Waals surface area contributed by atoms with Gasteiger partial charge in [-0.25, -0.2) is 18.2 Å². The SMILES string of the molecule is CN1C(=O)C(c2cncc(CF)c2)(c2ccc(F)c(-c3ccccc3F)c2)N=C1N. The molecule has 2 aromatic carbocycles. The average Bonchev–Trinajstić information content (AvgIpc) is 2.99. The highest BCUT2D eigenvalue weighted by molar-refractivity contribution is 6.09. The molecule has 8 heteroatoms. The van der Waals surface area contributed by atoms with Gasteiger partial charge in [0.25, 0.3) is 5.91 Å². The van der Waals surface area contributed by atoms with Crippen molar-refractivity contribution in [2.24, 2.45) is 10.7 Å². The van der Waals surface area contributed by atoms with Crippen LogP contribution < -0.4 is 5.73 Å². The summed E-state index contributed by atoms with van der Waals surface area (Å²) in [5, 5.41) is 0. The number of rotatable bonds is 4. The van der Waals surface area contributed by atoms with Crippen LogP contribution in [0, 0.1) is 11.6 Å². The Morgan fingerprint density at radius 1 is 1.00 bits per heavy atom. The molecule has 0 bridgehead atoms. The Morgan fingerprint density at radius 2 is 1.73 bits per heavy atom. The summed E-state index contributed by atoms with van der Waals surface area (Å²) in [7, 11) is 1.46. The number of likely N-dealkylation sites (N-methyl/N-ethyl adjacent to an activating group) is 1. The van der Waals surface area contributed by atoms with Gasteiger partial charge in [0.2, 0.25) is 0 Å². The highest BCUT2D eigenvalue weighted by atomic mass is 19.1. The van der Waals surface area contributed by atoms with Crippen molar-refractivity contribution < 1.29 is 18.0 Å². The van der Waals surface area contributed by atoms with Gasteiger partial charge in [-0.2, -0.15) is 0 Å². The number of nitrogens with zero attached hydrogens (tertiary/aromatic N) is 3. The minimum absolute atomic E-state index is 0.0318.